The van der Waals surface area contributed by atoms with Crippen LogP contribution in [0.3, 0.4) is 0 Å². The second-order valence-electron chi connectivity index (χ2n) is 4.74. The van der Waals surface area contributed by atoms with Gasteiger partial charge in [0.25, 0.3) is 0 Å². The summed E-state index contributed by atoms with van der Waals surface area (Å²) in [7, 11) is 0. The van der Waals surface area contributed by atoms with Crippen molar-refractivity contribution in [3.05, 3.63) is 70.2 Å². The molecule has 0 heterocycles. The summed E-state index contributed by atoms with van der Waals surface area (Å²) in [6.07, 6.45) is -1.13. The third-order valence-electron chi connectivity index (χ3n) is 3.30. The molecule has 20 heavy (non-hydrogen) atoms. The molecular formula is C17H19ClO2. The first-order chi connectivity index (χ1) is 9.63. The molecule has 1 N–H and O–H groups in total. The van der Waals surface area contributed by atoms with Crippen molar-refractivity contribution in [1.82, 2.24) is 0 Å². The molecule has 0 aromatic heterocycles. The van der Waals surface area contributed by atoms with Crippen LogP contribution in [0.4, 0.5) is 0 Å². The highest BCUT2D eigenvalue weighted by molar-refractivity contribution is 6.31. The Morgan fingerprint density at radius 1 is 1.10 bits per heavy atom. The number of hydrogen-bond donors (Lipinski definition) is 1. The Hall–Kier alpha value is -1.35. The zero-order valence-corrected chi connectivity index (χ0v) is 12.5. The molecule has 0 saturated carbocycles. The summed E-state index contributed by atoms with van der Waals surface area (Å²) in [5.41, 5.74) is 2.72. The minimum atomic E-state index is -0.740. The smallest absolute Gasteiger partial charge is 0.112 e. The third-order valence-corrected chi connectivity index (χ3v) is 3.71. The quantitative estimate of drug-likeness (QED) is 0.881. The highest BCUT2D eigenvalue weighted by atomic mass is 35.5. The number of hydrogen-bond acceptors (Lipinski definition) is 2. The molecule has 2 rings (SSSR count). The summed E-state index contributed by atoms with van der Waals surface area (Å²) in [6, 6.07) is 15.3. The van der Waals surface area contributed by atoms with Crippen molar-refractivity contribution in [1.29, 1.82) is 0 Å². The monoisotopic (exact) mass is 290 g/mol. The van der Waals surface area contributed by atoms with E-state index in [1.165, 1.54) is 0 Å². The molecule has 2 nitrogen and oxygen atoms in total. The SMILES string of the molecule is CCOC(c1ccccc1)C(O)c1ccc(C)c(Cl)c1. The maximum absolute atomic E-state index is 10.6. The Bertz CT molecular complexity index is 554. The lowest BCUT2D eigenvalue weighted by atomic mass is 9.97. The summed E-state index contributed by atoms with van der Waals surface area (Å²) in [5.74, 6) is 0. The Balaban J connectivity index is 2.31. The lowest BCUT2D eigenvalue weighted by Gasteiger charge is -2.24. The maximum atomic E-state index is 10.6. The molecule has 2 unspecified atom stereocenters. The third kappa shape index (κ3) is 3.40. The van der Waals surface area contributed by atoms with Gasteiger partial charge in [0.2, 0.25) is 0 Å². The molecule has 0 radical (unpaired) electrons. The van der Waals surface area contributed by atoms with Crippen LogP contribution in [0.1, 0.15) is 35.8 Å². The van der Waals surface area contributed by atoms with E-state index in [-0.39, 0.29) is 6.10 Å². The van der Waals surface area contributed by atoms with Crippen molar-refractivity contribution < 1.29 is 9.84 Å². The van der Waals surface area contributed by atoms with Crippen LogP contribution in [0.25, 0.3) is 0 Å². The number of halogens is 1. The summed E-state index contributed by atoms with van der Waals surface area (Å²) in [4.78, 5) is 0. The number of aliphatic hydroxyl groups excluding tert-OH is 1. The van der Waals surface area contributed by atoms with E-state index in [9.17, 15) is 5.11 Å². The average Bonchev–Trinajstić information content (AvgIpc) is 2.48. The molecule has 0 aliphatic rings. The molecule has 0 amide bonds. The predicted octanol–water partition coefficient (Wildman–Crippen LogP) is 4.46. The van der Waals surface area contributed by atoms with Crippen molar-refractivity contribution >= 4 is 11.6 Å². The fraction of sp³-hybridized carbons (Fsp3) is 0.294. The number of benzene rings is 2. The summed E-state index contributed by atoms with van der Waals surface area (Å²) in [6.45, 7) is 4.40. The normalized spacial score (nSPS) is 14.0. The van der Waals surface area contributed by atoms with Crippen LogP contribution in [-0.4, -0.2) is 11.7 Å². The number of ether oxygens (including phenoxy) is 1. The van der Waals surface area contributed by atoms with Gasteiger partial charge >= 0.3 is 0 Å². The van der Waals surface area contributed by atoms with Crippen LogP contribution in [0.5, 0.6) is 0 Å². The maximum Gasteiger partial charge on any atom is 0.112 e. The van der Waals surface area contributed by atoms with Gasteiger partial charge in [-0.2, -0.15) is 0 Å². The van der Waals surface area contributed by atoms with E-state index in [2.05, 4.69) is 0 Å². The standard InChI is InChI=1S/C17H19ClO2/c1-3-20-17(13-7-5-4-6-8-13)16(19)14-10-9-12(2)15(18)11-14/h4-11,16-17,19H,3H2,1-2H3. The number of aryl methyl sites for hydroxylation is 1. The van der Waals surface area contributed by atoms with E-state index in [0.717, 1.165) is 16.7 Å². The first-order valence-electron chi connectivity index (χ1n) is 6.74. The van der Waals surface area contributed by atoms with Gasteiger partial charge in [-0.05, 0) is 36.6 Å². The Kier molecular flexibility index (Phi) is 5.18. The highest BCUT2D eigenvalue weighted by Gasteiger charge is 2.23. The molecular weight excluding hydrogens is 272 g/mol. The summed E-state index contributed by atoms with van der Waals surface area (Å²) in [5, 5.41) is 11.3. The first-order valence-corrected chi connectivity index (χ1v) is 7.12. The molecule has 3 heteroatoms. The van der Waals surface area contributed by atoms with Crippen molar-refractivity contribution in [2.45, 2.75) is 26.1 Å². The molecule has 0 spiro atoms. The molecule has 2 atom stereocenters. The lowest BCUT2D eigenvalue weighted by Crippen LogP contribution is -2.14. The van der Waals surface area contributed by atoms with Crippen LogP contribution in [0, 0.1) is 6.92 Å². The Morgan fingerprint density at radius 3 is 2.40 bits per heavy atom. The topological polar surface area (TPSA) is 29.5 Å². The number of aliphatic hydroxyl groups is 1. The van der Waals surface area contributed by atoms with Crippen LogP contribution in [-0.2, 0) is 4.74 Å². The van der Waals surface area contributed by atoms with Gasteiger partial charge in [0.15, 0.2) is 0 Å². The van der Waals surface area contributed by atoms with Gasteiger partial charge in [0.1, 0.15) is 12.2 Å². The number of rotatable bonds is 5. The molecule has 0 bridgehead atoms. The Labute approximate surface area is 125 Å². The van der Waals surface area contributed by atoms with Gasteiger partial charge in [0.05, 0.1) is 0 Å². The minimum Gasteiger partial charge on any atom is -0.385 e. The second kappa shape index (κ2) is 6.89. The second-order valence-corrected chi connectivity index (χ2v) is 5.15. The molecule has 0 aliphatic carbocycles. The highest BCUT2D eigenvalue weighted by Crippen LogP contribution is 2.33. The summed E-state index contributed by atoms with van der Waals surface area (Å²) < 4.78 is 5.72. The zero-order valence-electron chi connectivity index (χ0n) is 11.7. The fourth-order valence-electron chi connectivity index (χ4n) is 2.16. The van der Waals surface area contributed by atoms with Gasteiger partial charge in [0, 0.05) is 11.6 Å². The van der Waals surface area contributed by atoms with Gasteiger partial charge in [-0.3, -0.25) is 0 Å². The van der Waals surface area contributed by atoms with E-state index in [4.69, 9.17) is 16.3 Å². The fourth-order valence-corrected chi connectivity index (χ4v) is 2.35. The van der Waals surface area contributed by atoms with E-state index in [1.54, 1.807) is 6.07 Å². The van der Waals surface area contributed by atoms with E-state index in [1.807, 2.05) is 56.3 Å². The zero-order chi connectivity index (χ0) is 14.5. The van der Waals surface area contributed by atoms with Gasteiger partial charge < -0.3 is 9.84 Å². The summed E-state index contributed by atoms with van der Waals surface area (Å²) >= 11 is 6.13. The van der Waals surface area contributed by atoms with E-state index >= 15 is 0 Å². The van der Waals surface area contributed by atoms with E-state index < -0.39 is 6.10 Å². The minimum absolute atomic E-state index is 0.389. The molecule has 2 aromatic carbocycles. The lowest BCUT2D eigenvalue weighted by molar-refractivity contribution is -0.0361. The van der Waals surface area contributed by atoms with E-state index in [0.29, 0.717) is 11.6 Å². The van der Waals surface area contributed by atoms with Crippen LogP contribution < -0.4 is 0 Å². The first kappa shape index (κ1) is 15.0. The largest absolute Gasteiger partial charge is 0.385 e. The van der Waals surface area contributed by atoms with Gasteiger partial charge in [-0.25, -0.2) is 0 Å². The van der Waals surface area contributed by atoms with Crippen molar-refractivity contribution in [2.24, 2.45) is 0 Å². The molecule has 2 aromatic rings. The van der Waals surface area contributed by atoms with Gasteiger partial charge in [-0.15, -0.1) is 0 Å². The average molecular weight is 291 g/mol. The van der Waals surface area contributed by atoms with Crippen LogP contribution >= 0.6 is 11.6 Å². The van der Waals surface area contributed by atoms with Crippen LogP contribution in [0.2, 0.25) is 5.02 Å². The molecule has 0 fully saturated rings. The predicted molar refractivity (Wildman–Crippen MR) is 82.0 cm³/mol. The van der Waals surface area contributed by atoms with Crippen molar-refractivity contribution in [2.75, 3.05) is 6.61 Å². The molecule has 106 valence electrons. The van der Waals surface area contributed by atoms with Gasteiger partial charge in [-0.1, -0.05) is 54.1 Å². The van der Waals surface area contributed by atoms with Crippen molar-refractivity contribution in [3.63, 3.8) is 0 Å². The molecule has 0 saturated heterocycles. The van der Waals surface area contributed by atoms with Crippen molar-refractivity contribution in [3.8, 4) is 0 Å². The van der Waals surface area contributed by atoms with Crippen LogP contribution in [0.15, 0.2) is 48.5 Å². The Morgan fingerprint density at radius 2 is 1.80 bits per heavy atom. The molecule has 0 aliphatic heterocycles.